The number of anilines is 2. The predicted octanol–water partition coefficient (Wildman–Crippen LogP) is 5.01. The minimum atomic E-state index is 0.0749. The van der Waals surface area contributed by atoms with Gasteiger partial charge in [-0.05, 0) is 59.9 Å². The van der Waals surface area contributed by atoms with E-state index >= 15 is 0 Å². The van der Waals surface area contributed by atoms with Crippen molar-refractivity contribution >= 4 is 33.9 Å². The Bertz CT molecular complexity index is 1300. The number of thioether (sulfide) groups is 1. The summed E-state index contributed by atoms with van der Waals surface area (Å²) in [6.45, 7) is 4.47. The quantitative estimate of drug-likeness (QED) is 0.569. The highest BCUT2D eigenvalue weighted by atomic mass is 32.2. The first kappa shape index (κ1) is 22.1. The van der Waals surface area contributed by atoms with Crippen LogP contribution in [0.15, 0.2) is 89.5 Å². The largest absolute Gasteiger partial charge is 0.369 e. The van der Waals surface area contributed by atoms with Crippen LogP contribution >= 0.6 is 11.8 Å². The number of aromatic nitrogens is 1. The second kappa shape index (κ2) is 9.72. The van der Waals surface area contributed by atoms with Gasteiger partial charge in [0.2, 0.25) is 0 Å². The third-order valence-corrected chi connectivity index (χ3v) is 8.14. The van der Waals surface area contributed by atoms with Crippen molar-refractivity contribution < 1.29 is 4.79 Å². The molecule has 4 heterocycles. The molecule has 1 fully saturated rings. The van der Waals surface area contributed by atoms with Crippen molar-refractivity contribution in [3.63, 3.8) is 0 Å². The van der Waals surface area contributed by atoms with Crippen molar-refractivity contribution in [2.45, 2.75) is 19.4 Å². The van der Waals surface area contributed by atoms with E-state index in [-0.39, 0.29) is 5.91 Å². The van der Waals surface area contributed by atoms with E-state index in [0.717, 1.165) is 65.8 Å². The molecule has 35 heavy (non-hydrogen) atoms. The van der Waals surface area contributed by atoms with Crippen LogP contribution < -0.4 is 15.1 Å². The molecule has 0 bridgehead atoms. The summed E-state index contributed by atoms with van der Waals surface area (Å²) in [6, 6.07) is 22.9. The van der Waals surface area contributed by atoms with Crippen LogP contribution in [-0.4, -0.2) is 37.1 Å². The monoisotopic (exact) mass is 480 g/mol. The maximum Gasteiger partial charge on any atom is 0.265 e. The van der Waals surface area contributed by atoms with E-state index in [9.17, 15) is 4.79 Å². The first-order valence-corrected chi connectivity index (χ1v) is 13.0. The van der Waals surface area contributed by atoms with E-state index in [1.54, 1.807) is 18.0 Å². The molecule has 0 aliphatic carbocycles. The minimum absolute atomic E-state index is 0.0749. The number of amides is 1. The number of fused-ring (bicyclic) bond motifs is 1. The lowest BCUT2D eigenvalue weighted by atomic mass is 9.99. The number of nitrogens with zero attached hydrogens (tertiary/aromatic N) is 3. The number of carbonyl (C=O) groups excluding carboxylic acids is 1. The van der Waals surface area contributed by atoms with Gasteiger partial charge in [0.1, 0.15) is 0 Å². The van der Waals surface area contributed by atoms with E-state index in [2.05, 4.69) is 63.7 Å². The molecule has 0 atom stereocenters. The molecule has 2 aromatic carbocycles. The summed E-state index contributed by atoms with van der Waals surface area (Å²) in [5.41, 5.74) is 6.71. The number of hydrogen-bond donors (Lipinski definition) is 1. The molecular weight excluding hydrogens is 452 g/mol. The molecule has 0 radical (unpaired) electrons. The molecule has 3 aliphatic heterocycles. The van der Waals surface area contributed by atoms with Crippen molar-refractivity contribution in [3.8, 4) is 0 Å². The van der Waals surface area contributed by atoms with Gasteiger partial charge in [0.25, 0.3) is 5.91 Å². The first-order valence-electron chi connectivity index (χ1n) is 12.2. The normalized spacial score (nSPS) is 18.1. The average Bonchev–Trinajstić information content (AvgIpc) is 3.04. The van der Waals surface area contributed by atoms with Gasteiger partial charge in [-0.3, -0.25) is 9.78 Å². The molecule has 3 aromatic rings. The van der Waals surface area contributed by atoms with Crippen LogP contribution in [0.25, 0.3) is 4.91 Å². The van der Waals surface area contributed by atoms with Gasteiger partial charge in [-0.1, -0.05) is 54.2 Å². The fourth-order valence-electron chi connectivity index (χ4n) is 5.03. The lowest BCUT2D eigenvalue weighted by molar-refractivity contribution is -0.114. The standard InChI is InChI=1S/C29H28N4OS/c34-29-28-22(9-12-27(35-28)21-6-2-1-3-7-21)18-23-19-25(32-16-14-30-15-17-32)10-11-26(23)33(29)20-24-8-4-5-13-31-24/h1-8,10-13,19,30H,9,14-18,20H2. The van der Waals surface area contributed by atoms with Crippen molar-refractivity contribution in [2.24, 2.45) is 0 Å². The van der Waals surface area contributed by atoms with Crippen LogP contribution in [0.2, 0.25) is 0 Å². The second-order valence-corrected chi connectivity index (χ2v) is 10.2. The third-order valence-electron chi connectivity index (χ3n) is 6.85. The smallest absolute Gasteiger partial charge is 0.265 e. The topological polar surface area (TPSA) is 48.5 Å². The molecule has 1 saturated heterocycles. The summed E-state index contributed by atoms with van der Waals surface area (Å²) >= 11 is 1.62. The molecule has 0 unspecified atom stereocenters. The molecule has 1 amide bonds. The van der Waals surface area contributed by atoms with Crippen LogP contribution in [0, 0.1) is 0 Å². The zero-order valence-corrected chi connectivity index (χ0v) is 20.4. The number of hydrogen-bond acceptors (Lipinski definition) is 5. The summed E-state index contributed by atoms with van der Waals surface area (Å²) in [6.07, 6.45) is 5.66. The first-order chi connectivity index (χ1) is 17.3. The Labute approximate surface area is 210 Å². The number of pyridine rings is 1. The number of piperazine rings is 1. The van der Waals surface area contributed by atoms with Crippen LogP contribution in [0.1, 0.15) is 23.2 Å². The van der Waals surface area contributed by atoms with Crippen LogP contribution in [0.4, 0.5) is 11.4 Å². The fourth-order valence-corrected chi connectivity index (χ4v) is 6.17. The highest BCUT2D eigenvalue weighted by Gasteiger charge is 2.32. The number of allylic oxidation sites excluding steroid dienone is 2. The highest BCUT2D eigenvalue weighted by Crippen LogP contribution is 2.45. The summed E-state index contributed by atoms with van der Waals surface area (Å²) in [5.74, 6) is 0.0749. The highest BCUT2D eigenvalue weighted by molar-refractivity contribution is 8.12. The second-order valence-electron chi connectivity index (χ2n) is 9.11. The van der Waals surface area contributed by atoms with Gasteiger partial charge < -0.3 is 15.1 Å². The van der Waals surface area contributed by atoms with Gasteiger partial charge in [0.15, 0.2) is 0 Å². The Morgan fingerprint density at radius 3 is 2.60 bits per heavy atom. The van der Waals surface area contributed by atoms with Gasteiger partial charge in [-0.2, -0.15) is 0 Å². The Morgan fingerprint density at radius 2 is 1.80 bits per heavy atom. The van der Waals surface area contributed by atoms with E-state index in [1.165, 1.54) is 16.8 Å². The van der Waals surface area contributed by atoms with Crippen LogP contribution in [0.3, 0.4) is 0 Å². The summed E-state index contributed by atoms with van der Waals surface area (Å²) in [5, 5.41) is 3.43. The molecular formula is C29H28N4OS. The summed E-state index contributed by atoms with van der Waals surface area (Å²) in [7, 11) is 0. The number of benzene rings is 2. The Kier molecular flexibility index (Phi) is 6.15. The molecule has 0 spiro atoms. The number of nitrogens with one attached hydrogen (secondary N) is 1. The van der Waals surface area contributed by atoms with Gasteiger partial charge >= 0.3 is 0 Å². The minimum Gasteiger partial charge on any atom is -0.369 e. The lowest BCUT2D eigenvalue weighted by Crippen LogP contribution is -2.43. The maximum absolute atomic E-state index is 14.1. The molecule has 0 saturated carbocycles. The van der Waals surface area contributed by atoms with Gasteiger partial charge in [-0.25, -0.2) is 0 Å². The molecule has 6 heteroatoms. The van der Waals surface area contributed by atoms with Crippen molar-refractivity contribution in [2.75, 3.05) is 36.0 Å². The van der Waals surface area contributed by atoms with Crippen LogP contribution in [0.5, 0.6) is 0 Å². The molecule has 1 aromatic heterocycles. The van der Waals surface area contributed by atoms with E-state index in [0.29, 0.717) is 6.54 Å². The molecule has 3 aliphatic rings. The SMILES string of the molecule is O=C1C2=C(CC=C(c3ccccc3)S2)Cc2cc(N3CCNCC3)ccc2N1Cc1ccccn1. The Balaban J connectivity index is 1.39. The van der Waals surface area contributed by atoms with Crippen molar-refractivity contribution in [3.05, 3.63) is 106 Å². The van der Waals surface area contributed by atoms with Gasteiger partial charge in [0, 0.05) is 48.7 Å². The molecule has 1 N–H and O–H groups in total. The van der Waals surface area contributed by atoms with Crippen LogP contribution in [-0.2, 0) is 17.8 Å². The van der Waals surface area contributed by atoms with E-state index in [4.69, 9.17) is 0 Å². The molecule has 5 nitrogen and oxygen atoms in total. The molecule has 6 rings (SSSR count). The summed E-state index contributed by atoms with van der Waals surface area (Å²) in [4.78, 5) is 25.0. The average molecular weight is 481 g/mol. The zero-order valence-electron chi connectivity index (χ0n) is 19.6. The Hall–Kier alpha value is -3.35. The zero-order chi connectivity index (χ0) is 23.6. The Morgan fingerprint density at radius 1 is 0.971 bits per heavy atom. The number of rotatable bonds is 4. The third kappa shape index (κ3) is 4.51. The summed E-state index contributed by atoms with van der Waals surface area (Å²) < 4.78 is 0. The van der Waals surface area contributed by atoms with Crippen molar-refractivity contribution in [1.29, 1.82) is 0 Å². The molecule has 176 valence electrons. The van der Waals surface area contributed by atoms with Gasteiger partial charge in [0.05, 0.1) is 17.1 Å². The van der Waals surface area contributed by atoms with E-state index in [1.807, 2.05) is 29.2 Å². The fraction of sp³-hybridized carbons (Fsp3) is 0.241. The predicted molar refractivity (Wildman–Crippen MR) is 144 cm³/mol. The van der Waals surface area contributed by atoms with Crippen molar-refractivity contribution in [1.82, 2.24) is 10.3 Å². The van der Waals surface area contributed by atoms with Gasteiger partial charge in [-0.15, -0.1) is 0 Å². The van der Waals surface area contributed by atoms with E-state index < -0.39 is 0 Å². The lowest BCUT2D eigenvalue weighted by Gasteiger charge is -2.31. The maximum atomic E-state index is 14.1. The number of carbonyl (C=O) groups is 1.